The lowest BCUT2D eigenvalue weighted by Crippen LogP contribution is -2.50. The summed E-state index contributed by atoms with van der Waals surface area (Å²) >= 11 is 0. The topological polar surface area (TPSA) is 132 Å². The minimum absolute atomic E-state index is 1.29. The van der Waals surface area contributed by atoms with Crippen LogP contribution in [0.15, 0.2) is 0 Å². The predicted molar refractivity (Wildman–Crippen MR) is 44.8 cm³/mol. The van der Waals surface area contributed by atoms with Gasteiger partial charge in [0.1, 0.15) is 0 Å². The molecule has 0 fully saturated rings. The first-order valence-corrected chi connectivity index (χ1v) is 3.62. The second kappa shape index (κ2) is 4.43. The molecule has 15 heavy (non-hydrogen) atoms. The van der Waals surface area contributed by atoms with E-state index in [1.807, 2.05) is 0 Å². The number of hydrogen-bond donors (Lipinski definition) is 4. The van der Waals surface area contributed by atoms with Crippen LogP contribution in [-0.2, 0) is 14.4 Å². The van der Waals surface area contributed by atoms with E-state index in [1.165, 1.54) is 5.92 Å². The van der Waals surface area contributed by atoms with E-state index in [0.717, 1.165) is 0 Å². The third-order valence-corrected chi connectivity index (χ3v) is 1.68. The average molecular weight is 216 g/mol. The van der Waals surface area contributed by atoms with Gasteiger partial charge in [0.25, 0.3) is 0 Å². The van der Waals surface area contributed by atoms with E-state index in [-0.39, 0.29) is 0 Å². The molecule has 0 aliphatic rings. The SMILES string of the molecule is C#CC(C(=O)O)C(O)(CC(=O)O)C(=O)O. The maximum atomic E-state index is 10.6. The van der Waals surface area contributed by atoms with Crippen molar-refractivity contribution in [1.29, 1.82) is 0 Å². The Bertz CT molecular complexity index is 339. The second-order valence-corrected chi connectivity index (χ2v) is 2.74. The molecular formula is C8H8O7. The first kappa shape index (κ1) is 12.9. The van der Waals surface area contributed by atoms with Gasteiger partial charge in [-0.3, -0.25) is 9.59 Å². The Morgan fingerprint density at radius 3 is 1.93 bits per heavy atom. The van der Waals surface area contributed by atoms with Gasteiger partial charge in [-0.05, 0) is 0 Å². The van der Waals surface area contributed by atoms with E-state index in [2.05, 4.69) is 0 Å². The summed E-state index contributed by atoms with van der Waals surface area (Å²) in [6, 6.07) is 0. The molecule has 82 valence electrons. The molecule has 0 saturated heterocycles. The van der Waals surface area contributed by atoms with Gasteiger partial charge in [0, 0.05) is 0 Å². The second-order valence-electron chi connectivity index (χ2n) is 2.74. The summed E-state index contributed by atoms with van der Waals surface area (Å²) in [6.07, 6.45) is 3.44. The van der Waals surface area contributed by atoms with Crippen molar-refractivity contribution in [3.8, 4) is 12.3 Å². The first-order chi connectivity index (χ1) is 6.75. The minimum atomic E-state index is -3.01. The van der Waals surface area contributed by atoms with Crippen molar-refractivity contribution < 1.29 is 34.8 Å². The summed E-state index contributed by atoms with van der Waals surface area (Å²) in [5, 5.41) is 34.8. The monoisotopic (exact) mass is 216 g/mol. The van der Waals surface area contributed by atoms with Crippen LogP contribution in [0.5, 0.6) is 0 Å². The van der Waals surface area contributed by atoms with Gasteiger partial charge in [-0.25, -0.2) is 4.79 Å². The van der Waals surface area contributed by atoms with Gasteiger partial charge in [0.2, 0.25) is 0 Å². The maximum absolute atomic E-state index is 10.6. The van der Waals surface area contributed by atoms with Crippen molar-refractivity contribution in [1.82, 2.24) is 0 Å². The molecule has 0 bridgehead atoms. The number of rotatable bonds is 5. The van der Waals surface area contributed by atoms with Crippen molar-refractivity contribution in [2.75, 3.05) is 0 Å². The summed E-state index contributed by atoms with van der Waals surface area (Å²) in [7, 11) is 0. The van der Waals surface area contributed by atoms with Crippen molar-refractivity contribution in [2.24, 2.45) is 5.92 Å². The van der Waals surface area contributed by atoms with Crippen LogP contribution in [0, 0.1) is 18.3 Å². The molecule has 2 unspecified atom stereocenters. The fourth-order valence-electron chi connectivity index (χ4n) is 0.945. The average Bonchev–Trinajstić information content (AvgIpc) is 2.02. The van der Waals surface area contributed by atoms with Crippen molar-refractivity contribution in [3.05, 3.63) is 0 Å². The van der Waals surface area contributed by atoms with Crippen LogP contribution in [0.4, 0.5) is 0 Å². The van der Waals surface area contributed by atoms with Crippen LogP contribution in [0.25, 0.3) is 0 Å². The Kier molecular flexibility index (Phi) is 3.82. The van der Waals surface area contributed by atoms with Crippen molar-refractivity contribution in [2.45, 2.75) is 12.0 Å². The zero-order chi connectivity index (χ0) is 12.2. The fourth-order valence-corrected chi connectivity index (χ4v) is 0.945. The van der Waals surface area contributed by atoms with E-state index in [1.54, 1.807) is 0 Å². The van der Waals surface area contributed by atoms with Crippen LogP contribution < -0.4 is 0 Å². The number of aliphatic hydroxyl groups is 1. The van der Waals surface area contributed by atoms with Crippen LogP contribution in [0.3, 0.4) is 0 Å². The highest BCUT2D eigenvalue weighted by molar-refractivity contribution is 5.91. The molecule has 2 atom stereocenters. The van der Waals surface area contributed by atoms with E-state index in [0.29, 0.717) is 0 Å². The highest BCUT2D eigenvalue weighted by Crippen LogP contribution is 2.22. The molecule has 0 amide bonds. The summed E-state index contributed by atoms with van der Waals surface area (Å²) in [5.74, 6) is -6.01. The normalized spacial score (nSPS) is 15.7. The van der Waals surface area contributed by atoms with E-state index in [9.17, 15) is 19.5 Å². The van der Waals surface area contributed by atoms with E-state index in [4.69, 9.17) is 21.7 Å². The molecule has 0 rings (SSSR count). The molecule has 0 radical (unpaired) electrons. The lowest BCUT2D eigenvalue weighted by molar-refractivity contribution is -0.175. The third kappa shape index (κ3) is 2.69. The Balaban J connectivity index is 5.28. The molecule has 7 nitrogen and oxygen atoms in total. The zero-order valence-corrected chi connectivity index (χ0v) is 7.38. The summed E-state index contributed by atoms with van der Waals surface area (Å²) < 4.78 is 0. The fraction of sp³-hybridized carbons (Fsp3) is 0.375. The Morgan fingerprint density at radius 1 is 1.27 bits per heavy atom. The van der Waals surface area contributed by atoms with Gasteiger partial charge in [-0.1, -0.05) is 5.92 Å². The number of carbonyl (C=O) groups is 3. The Labute approximate surface area is 84.0 Å². The molecule has 0 heterocycles. The molecule has 7 heteroatoms. The summed E-state index contributed by atoms with van der Waals surface area (Å²) in [6.45, 7) is 0. The molecule has 0 aliphatic carbocycles. The Morgan fingerprint density at radius 2 is 1.73 bits per heavy atom. The van der Waals surface area contributed by atoms with Gasteiger partial charge < -0.3 is 20.4 Å². The van der Waals surface area contributed by atoms with Gasteiger partial charge in [0.05, 0.1) is 6.42 Å². The maximum Gasteiger partial charge on any atom is 0.338 e. The lowest BCUT2D eigenvalue weighted by Gasteiger charge is -2.24. The van der Waals surface area contributed by atoms with Gasteiger partial charge in [-0.15, -0.1) is 6.42 Å². The summed E-state index contributed by atoms with van der Waals surface area (Å²) in [5.41, 5.74) is -3.01. The standard InChI is InChI=1S/C8H8O7/c1-2-4(6(11)12)8(15,7(13)14)3-5(9)10/h1,4,15H,3H2,(H,9,10)(H,11,12)(H,13,14). The minimum Gasteiger partial charge on any atom is -0.481 e. The van der Waals surface area contributed by atoms with Crippen LogP contribution in [-0.4, -0.2) is 43.9 Å². The van der Waals surface area contributed by atoms with Gasteiger partial charge >= 0.3 is 17.9 Å². The van der Waals surface area contributed by atoms with E-state index >= 15 is 0 Å². The highest BCUT2D eigenvalue weighted by Gasteiger charge is 2.49. The van der Waals surface area contributed by atoms with Crippen LogP contribution in [0.2, 0.25) is 0 Å². The molecule has 0 aromatic carbocycles. The smallest absolute Gasteiger partial charge is 0.338 e. The van der Waals surface area contributed by atoms with Crippen LogP contribution in [0.1, 0.15) is 6.42 Å². The predicted octanol–water partition coefficient (Wildman–Crippen LogP) is -1.39. The Hall–Kier alpha value is -2.07. The van der Waals surface area contributed by atoms with Crippen molar-refractivity contribution in [3.63, 3.8) is 0 Å². The molecule has 0 saturated carbocycles. The number of carboxylic acid groups (broad SMARTS) is 3. The number of carboxylic acids is 3. The molecule has 0 aromatic heterocycles. The summed E-state index contributed by atoms with van der Waals surface area (Å²) in [4.78, 5) is 31.4. The number of aliphatic carboxylic acids is 3. The largest absolute Gasteiger partial charge is 0.481 e. The first-order valence-electron chi connectivity index (χ1n) is 3.62. The number of hydrogen-bond acceptors (Lipinski definition) is 4. The quantitative estimate of drug-likeness (QED) is 0.416. The molecule has 4 N–H and O–H groups in total. The lowest BCUT2D eigenvalue weighted by atomic mass is 9.85. The third-order valence-electron chi connectivity index (χ3n) is 1.68. The highest BCUT2D eigenvalue weighted by atomic mass is 16.4. The van der Waals surface area contributed by atoms with Crippen molar-refractivity contribution >= 4 is 17.9 Å². The van der Waals surface area contributed by atoms with Gasteiger partial charge in [-0.2, -0.15) is 0 Å². The van der Waals surface area contributed by atoms with Gasteiger partial charge in [0.15, 0.2) is 11.5 Å². The molecule has 0 spiro atoms. The van der Waals surface area contributed by atoms with Crippen LogP contribution >= 0.6 is 0 Å². The molecule has 0 aliphatic heterocycles. The molecular weight excluding hydrogens is 208 g/mol. The zero-order valence-electron chi connectivity index (χ0n) is 7.38. The van der Waals surface area contributed by atoms with E-state index < -0.39 is 35.8 Å². The number of terminal acetylenes is 1. The molecule has 0 aromatic rings.